The summed E-state index contributed by atoms with van der Waals surface area (Å²) >= 11 is 0. The van der Waals surface area contributed by atoms with Crippen molar-refractivity contribution in [3.63, 3.8) is 0 Å². The van der Waals surface area contributed by atoms with Crippen LogP contribution in [0.25, 0.3) is 11.3 Å². The normalized spacial score (nSPS) is 10.5. The first kappa shape index (κ1) is 16.8. The van der Waals surface area contributed by atoms with Gasteiger partial charge in [-0.15, -0.1) is 0 Å². The molecule has 0 saturated heterocycles. The average molecular weight is 337 g/mol. The van der Waals surface area contributed by atoms with Crippen LogP contribution in [0.1, 0.15) is 21.7 Å². The first-order chi connectivity index (χ1) is 12.1. The molecular formula is C20H19NO4. The third-order valence-corrected chi connectivity index (χ3v) is 3.92. The van der Waals surface area contributed by atoms with Crippen molar-refractivity contribution < 1.29 is 19.1 Å². The zero-order valence-electron chi connectivity index (χ0n) is 14.1. The molecule has 0 bridgehead atoms. The standard InChI is InChI=1S/C20H19NO4/c1-13-6-7-14(19-9-8-17(12-22)25-19)11-18(13)21-20(23)15-4-3-5-16(10-15)24-2/h3-11,22H,12H2,1-2H3,(H,21,23). The predicted octanol–water partition coefficient (Wildman–Crippen LogP) is 4.01. The topological polar surface area (TPSA) is 71.7 Å². The number of hydrogen-bond donors (Lipinski definition) is 2. The predicted molar refractivity (Wildman–Crippen MR) is 95.8 cm³/mol. The van der Waals surface area contributed by atoms with Gasteiger partial charge in [0.15, 0.2) is 0 Å². The summed E-state index contributed by atoms with van der Waals surface area (Å²) in [5.41, 5.74) is 2.98. The zero-order valence-corrected chi connectivity index (χ0v) is 14.1. The van der Waals surface area contributed by atoms with Gasteiger partial charge in [-0.25, -0.2) is 0 Å². The molecule has 1 amide bonds. The van der Waals surface area contributed by atoms with Crippen molar-refractivity contribution in [2.24, 2.45) is 0 Å². The van der Waals surface area contributed by atoms with Crippen LogP contribution in [0.15, 0.2) is 59.0 Å². The SMILES string of the molecule is COc1cccc(C(=O)Nc2cc(-c3ccc(CO)o3)ccc2C)c1. The van der Waals surface area contributed by atoms with E-state index in [9.17, 15) is 4.79 Å². The van der Waals surface area contributed by atoms with Crippen molar-refractivity contribution in [2.45, 2.75) is 13.5 Å². The van der Waals surface area contributed by atoms with Gasteiger partial charge in [0.2, 0.25) is 0 Å². The Morgan fingerprint density at radius 3 is 2.72 bits per heavy atom. The van der Waals surface area contributed by atoms with Crippen LogP contribution in [0, 0.1) is 6.92 Å². The Morgan fingerprint density at radius 1 is 1.16 bits per heavy atom. The first-order valence-electron chi connectivity index (χ1n) is 7.86. The van der Waals surface area contributed by atoms with E-state index in [4.69, 9.17) is 14.3 Å². The van der Waals surface area contributed by atoms with E-state index in [-0.39, 0.29) is 12.5 Å². The van der Waals surface area contributed by atoms with E-state index in [1.165, 1.54) is 0 Å². The van der Waals surface area contributed by atoms with Crippen LogP contribution in [0.5, 0.6) is 5.75 Å². The first-order valence-corrected chi connectivity index (χ1v) is 7.86. The molecule has 3 rings (SSSR count). The van der Waals surface area contributed by atoms with E-state index in [1.807, 2.05) is 25.1 Å². The molecule has 0 aliphatic heterocycles. The van der Waals surface area contributed by atoms with E-state index in [2.05, 4.69) is 5.32 Å². The molecule has 0 aliphatic carbocycles. The van der Waals surface area contributed by atoms with E-state index < -0.39 is 0 Å². The second kappa shape index (κ2) is 7.23. The number of carbonyl (C=O) groups excluding carboxylic acids is 1. The lowest BCUT2D eigenvalue weighted by Crippen LogP contribution is -2.12. The summed E-state index contributed by atoms with van der Waals surface area (Å²) in [5, 5.41) is 12.0. The number of aliphatic hydroxyl groups excluding tert-OH is 1. The Labute approximate surface area is 145 Å². The molecule has 0 saturated carbocycles. The highest BCUT2D eigenvalue weighted by molar-refractivity contribution is 6.05. The number of benzene rings is 2. The largest absolute Gasteiger partial charge is 0.497 e. The van der Waals surface area contributed by atoms with Gasteiger partial charge in [-0.3, -0.25) is 4.79 Å². The fourth-order valence-corrected chi connectivity index (χ4v) is 2.49. The van der Waals surface area contributed by atoms with Crippen molar-refractivity contribution in [2.75, 3.05) is 12.4 Å². The Kier molecular flexibility index (Phi) is 4.86. The number of rotatable bonds is 5. The number of amides is 1. The zero-order chi connectivity index (χ0) is 17.8. The highest BCUT2D eigenvalue weighted by atomic mass is 16.5. The number of anilines is 1. The summed E-state index contributed by atoms with van der Waals surface area (Å²) < 4.78 is 10.7. The van der Waals surface area contributed by atoms with Crippen molar-refractivity contribution in [1.82, 2.24) is 0 Å². The van der Waals surface area contributed by atoms with Gasteiger partial charge in [0.25, 0.3) is 5.91 Å². The number of furan rings is 1. The minimum absolute atomic E-state index is 0.148. The number of carbonyl (C=O) groups is 1. The average Bonchev–Trinajstić information content (AvgIpc) is 3.12. The number of methoxy groups -OCH3 is 1. The summed E-state index contributed by atoms with van der Waals surface area (Å²) in [6, 6.07) is 16.2. The minimum atomic E-state index is -0.213. The van der Waals surface area contributed by atoms with E-state index in [1.54, 1.807) is 43.5 Å². The van der Waals surface area contributed by atoms with E-state index in [0.29, 0.717) is 28.5 Å². The lowest BCUT2D eigenvalue weighted by molar-refractivity contribution is 0.102. The monoisotopic (exact) mass is 337 g/mol. The van der Waals surface area contributed by atoms with Gasteiger partial charge in [-0.1, -0.05) is 18.2 Å². The quantitative estimate of drug-likeness (QED) is 0.738. The molecule has 5 nitrogen and oxygen atoms in total. The van der Waals surface area contributed by atoms with Crippen LogP contribution >= 0.6 is 0 Å². The van der Waals surface area contributed by atoms with Crippen LogP contribution in [-0.4, -0.2) is 18.1 Å². The van der Waals surface area contributed by atoms with Crippen LogP contribution in [0.3, 0.4) is 0 Å². The maximum absolute atomic E-state index is 12.5. The van der Waals surface area contributed by atoms with Gasteiger partial charge in [0.1, 0.15) is 23.9 Å². The van der Waals surface area contributed by atoms with Crippen LogP contribution in [0.4, 0.5) is 5.69 Å². The number of ether oxygens (including phenoxy) is 1. The molecule has 1 aromatic heterocycles. The van der Waals surface area contributed by atoms with Crippen molar-refractivity contribution in [3.05, 3.63) is 71.5 Å². The number of hydrogen-bond acceptors (Lipinski definition) is 4. The maximum Gasteiger partial charge on any atom is 0.255 e. The second-order valence-electron chi connectivity index (χ2n) is 5.64. The molecule has 1 heterocycles. The minimum Gasteiger partial charge on any atom is -0.497 e. The van der Waals surface area contributed by atoms with E-state index >= 15 is 0 Å². The van der Waals surface area contributed by atoms with Crippen molar-refractivity contribution in [1.29, 1.82) is 0 Å². The molecule has 0 fully saturated rings. The molecule has 0 atom stereocenters. The molecule has 3 aromatic rings. The summed E-state index contributed by atoms with van der Waals surface area (Å²) in [6.45, 7) is 1.78. The van der Waals surface area contributed by atoms with Gasteiger partial charge in [0.05, 0.1) is 7.11 Å². The molecule has 0 spiro atoms. The highest BCUT2D eigenvalue weighted by Gasteiger charge is 2.11. The number of nitrogens with one attached hydrogen (secondary N) is 1. The third-order valence-electron chi connectivity index (χ3n) is 3.92. The Balaban J connectivity index is 1.86. The number of aliphatic hydroxyl groups is 1. The fourth-order valence-electron chi connectivity index (χ4n) is 2.49. The van der Waals surface area contributed by atoms with Gasteiger partial charge in [0, 0.05) is 16.8 Å². The van der Waals surface area contributed by atoms with Gasteiger partial charge >= 0.3 is 0 Å². The lowest BCUT2D eigenvalue weighted by atomic mass is 10.1. The Bertz CT molecular complexity index is 898. The maximum atomic E-state index is 12.5. The molecule has 0 radical (unpaired) electrons. The van der Waals surface area contributed by atoms with E-state index in [0.717, 1.165) is 11.1 Å². The molecule has 0 unspecified atom stereocenters. The lowest BCUT2D eigenvalue weighted by Gasteiger charge is -2.11. The summed E-state index contributed by atoms with van der Waals surface area (Å²) in [7, 11) is 1.56. The third kappa shape index (κ3) is 3.72. The van der Waals surface area contributed by atoms with Gasteiger partial charge in [-0.2, -0.15) is 0 Å². The fraction of sp³-hybridized carbons (Fsp3) is 0.150. The molecular weight excluding hydrogens is 318 g/mol. The van der Waals surface area contributed by atoms with Crippen molar-refractivity contribution in [3.8, 4) is 17.1 Å². The Morgan fingerprint density at radius 2 is 2.00 bits per heavy atom. The molecule has 2 aromatic carbocycles. The molecule has 25 heavy (non-hydrogen) atoms. The van der Waals surface area contributed by atoms with Crippen LogP contribution in [0.2, 0.25) is 0 Å². The molecule has 0 aliphatic rings. The van der Waals surface area contributed by atoms with Crippen LogP contribution < -0.4 is 10.1 Å². The summed E-state index contributed by atoms with van der Waals surface area (Å²) in [4.78, 5) is 12.5. The van der Waals surface area contributed by atoms with Crippen LogP contribution in [-0.2, 0) is 6.61 Å². The molecule has 5 heteroatoms. The smallest absolute Gasteiger partial charge is 0.255 e. The van der Waals surface area contributed by atoms with Crippen molar-refractivity contribution >= 4 is 11.6 Å². The molecule has 128 valence electrons. The highest BCUT2D eigenvalue weighted by Crippen LogP contribution is 2.27. The summed E-state index contributed by atoms with van der Waals surface area (Å²) in [5.74, 6) is 1.55. The van der Waals surface area contributed by atoms with Gasteiger partial charge < -0.3 is 19.6 Å². The second-order valence-corrected chi connectivity index (χ2v) is 5.64. The van der Waals surface area contributed by atoms with Gasteiger partial charge in [-0.05, 0) is 48.9 Å². The Hall–Kier alpha value is -3.05. The number of aryl methyl sites for hydroxylation is 1. The summed E-state index contributed by atoms with van der Waals surface area (Å²) in [6.07, 6.45) is 0. The molecule has 2 N–H and O–H groups in total.